The third-order valence-corrected chi connectivity index (χ3v) is 5.37. The van der Waals surface area contributed by atoms with Gasteiger partial charge in [-0.1, -0.05) is 65.7 Å². The van der Waals surface area contributed by atoms with Gasteiger partial charge in [-0.05, 0) is 30.7 Å². The molecule has 4 nitrogen and oxygen atoms in total. The quantitative estimate of drug-likeness (QED) is 0.742. The van der Waals surface area contributed by atoms with Gasteiger partial charge in [0.25, 0.3) is 0 Å². The average molecular weight is 418 g/mol. The Morgan fingerprint density at radius 2 is 1.71 bits per heavy atom. The summed E-state index contributed by atoms with van der Waals surface area (Å²) in [6.07, 6.45) is 4.35. The highest BCUT2D eigenvalue weighted by Gasteiger charge is 2.25. The van der Waals surface area contributed by atoms with E-state index < -0.39 is 0 Å². The van der Waals surface area contributed by atoms with Crippen molar-refractivity contribution in [2.75, 3.05) is 38.0 Å². The third-order valence-electron chi connectivity index (χ3n) is 4.94. The highest BCUT2D eigenvalue weighted by Crippen LogP contribution is 2.23. The number of carbonyl (C=O) groups is 1. The van der Waals surface area contributed by atoms with Crippen molar-refractivity contribution in [3.05, 3.63) is 70.2 Å². The smallest absolute Gasteiger partial charge is 0.241 e. The molecule has 0 aliphatic carbocycles. The molecule has 1 amide bonds. The third kappa shape index (κ3) is 6.08. The normalized spacial score (nSPS) is 17.0. The van der Waals surface area contributed by atoms with E-state index in [4.69, 9.17) is 23.2 Å². The van der Waals surface area contributed by atoms with Crippen molar-refractivity contribution >= 4 is 40.9 Å². The molecule has 0 unspecified atom stereocenters. The summed E-state index contributed by atoms with van der Waals surface area (Å²) in [7, 11) is 0. The largest absolute Gasteiger partial charge is 0.325 e. The Hall–Kier alpha value is -1.85. The van der Waals surface area contributed by atoms with Crippen LogP contribution in [0.4, 0.5) is 5.69 Å². The highest BCUT2D eigenvalue weighted by atomic mass is 35.5. The first-order chi connectivity index (χ1) is 13.5. The van der Waals surface area contributed by atoms with E-state index in [-0.39, 0.29) is 11.9 Å². The molecule has 1 heterocycles. The van der Waals surface area contributed by atoms with Crippen LogP contribution in [-0.2, 0) is 4.79 Å². The van der Waals surface area contributed by atoms with Crippen molar-refractivity contribution in [2.45, 2.75) is 13.0 Å². The zero-order valence-corrected chi connectivity index (χ0v) is 17.5. The summed E-state index contributed by atoms with van der Waals surface area (Å²) in [6, 6.07) is 15.2. The Morgan fingerprint density at radius 1 is 1.07 bits per heavy atom. The van der Waals surface area contributed by atoms with Gasteiger partial charge >= 0.3 is 0 Å². The minimum absolute atomic E-state index is 0.0456. The van der Waals surface area contributed by atoms with Crippen LogP contribution < -0.4 is 5.32 Å². The van der Waals surface area contributed by atoms with Crippen molar-refractivity contribution in [1.82, 2.24) is 9.80 Å². The van der Waals surface area contributed by atoms with Crippen LogP contribution in [0.1, 0.15) is 12.5 Å². The van der Waals surface area contributed by atoms with E-state index in [0.29, 0.717) is 15.7 Å². The van der Waals surface area contributed by atoms with Crippen molar-refractivity contribution in [3.63, 3.8) is 0 Å². The van der Waals surface area contributed by atoms with E-state index in [1.807, 2.05) is 25.1 Å². The Kier molecular flexibility index (Phi) is 7.51. The average Bonchev–Trinajstić information content (AvgIpc) is 2.68. The molecule has 148 valence electrons. The molecule has 0 saturated carbocycles. The predicted molar refractivity (Wildman–Crippen MR) is 118 cm³/mol. The molecule has 1 fully saturated rings. The number of piperazine rings is 1. The Morgan fingerprint density at radius 3 is 2.36 bits per heavy atom. The molecule has 3 rings (SSSR count). The first kappa shape index (κ1) is 20.9. The fourth-order valence-corrected chi connectivity index (χ4v) is 3.80. The number of benzene rings is 2. The summed E-state index contributed by atoms with van der Waals surface area (Å²) < 4.78 is 0. The highest BCUT2D eigenvalue weighted by molar-refractivity contribution is 6.35. The predicted octanol–water partition coefficient (Wildman–Crippen LogP) is 4.65. The van der Waals surface area contributed by atoms with E-state index in [0.717, 1.165) is 32.7 Å². The molecule has 1 aliphatic heterocycles. The van der Waals surface area contributed by atoms with Crippen LogP contribution in [0, 0.1) is 0 Å². The maximum Gasteiger partial charge on any atom is 0.241 e. The minimum Gasteiger partial charge on any atom is -0.325 e. The van der Waals surface area contributed by atoms with E-state index >= 15 is 0 Å². The van der Waals surface area contributed by atoms with Gasteiger partial charge in [0.05, 0.1) is 6.04 Å². The molecular weight excluding hydrogens is 393 g/mol. The molecule has 6 heteroatoms. The number of nitrogens with one attached hydrogen (secondary N) is 1. The number of amides is 1. The SMILES string of the molecule is C[C@@H](C(=O)Nc1cc(Cl)cc(Cl)c1)N1CCN(C/C=C/c2ccccc2)CC1. The zero-order chi connectivity index (χ0) is 19.9. The second kappa shape index (κ2) is 10.1. The lowest BCUT2D eigenvalue weighted by atomic mass is 10.2. The van der Waals surface area contributed by atoms with Gasteiger partial charge in [-0.15, -0.1) is 0 Å². The molecule has 0 aromatic heterocycles. The zero-order valence-electron chi connectivity index (χ0n) is 15.9. The van der Waals surface area contributed by atoms with Gasteiger partial charge in [-0.2, -0.15) is 0 Å². The molecule has 0 bridgehead atoms. The molecule has 2 aromatic rings. The standard InChI is InChI=1S/C22H25Cl2N3O/c1-17(22(28)25-21-15-19(23)14-20(24)16-21)27-12-10-26(11-13-27)9-5-8-18-6-3-2-4-7-18/h2-8,14-17H,9-13H2,1H3,(H,25,28)/b8-5+/t17-/m0/s1. The second-order valence-electron chi connectivity index (χ2n) is 6.97. The van der Waals surface area contributed by atoms with Crippen LogP contribution in [0.3, 0.4) is 0 Å². The monoisotopic (exact) mass is 417 g/mol. The van der Waals surface area contributed by atoms with Gasteiger partial charge in [0.2, 0.25) is 5.91 Å². The summed E-state index contributed by atoms with van der Waals surface area (Å²) >= 11 is 12.0. The summed E-state index contributed by atoms with van der Waals surface area (Å²) in [5.41, 5.74) is 1.84. The summed E-state index contributed by atoms with van der Waals surface area (Å²) in [5, 5.41) is 3.92. The molecule has 1 atom stereocenters. The molecule has 2 aromatic carbocycles. The Balaban J connectivity index is 1.45. The first-order valence-corrected chi connectivity index (χ1v) is 10.2. The van der Waals surface area contributed by atoms with Crippen molar-refractivity contribution in [1.29, 1.82) is 0 Å². The molecule has 0 spiro atoms. The number of carbonyl (C=O) groups excluding carboxylic acids is 1. The first-order valence-electron chi connectivity index (χ1n) is 9.46. The Labute approximate surface area is 176 Å². The number of anilines is 1. The molecule has 28 heavy (non-hydrogen) atoms. The van der Waals surface area contributed by atoms with Gasteiger partial charge in [-0.25, -0.2) is 0 Å². The van der Waals surface area contributed by atoms with E-state index in [2.05, 4.69) is 39.4 Å². The Bertz CT molecular complexity index is 798. The van der Waals surface area contributed by atoms with Gasteiger partial charge in [-0.3, -0.25) is 14.6 Å². The summed E-state index contributed by atoms with van der Waals surface area (Å²) in [6.45, 7) is 6.48. The molecule has 1 aliphatic rings. The molecule has 1 N–H and O–H groups in total. The summed E-state index contributed by atoms with van der Waals surface area (Å²) in [4.78, 5) is 17.2. The van der Waals surface area contributed by atoms with Gasteiger partial charge in [0, 0.05) is 48.5 Å². The number of rotatable bonds is 6. The van der Waals surface area contributed by atoms with E-state index in [1.165, 1.54) is 5.56 Å². The van der Waals surface area contributed by atoms with Crippen LogP contribution in [0.25, 0.3) is 6.08 Å². The molecule has 1 saturated heterocycles. The number of nitrogens with zero attached hydrogens (tertiary/aromatic N) is 2. The lowest BCUT2D eigenvalue weighted by molar-refractivity contribution is -0.121. The van der Waals surface area contributed by atoms with Crippen LogP contribution in [0.15, 0.2) is 54.6 Å². The van der Waals surface area contributed by atoms with Gasteiger partial charge in [0.15, 0.2) is 0 Å². The number of hydrogen-bond acceptors (Lipinski definition) is 3. The maximum atomic E-state index is 12.6. The van der Waals surface area contributed by atoms with E-state index in [1.54, 1.807) is 18.2 Å². The fourth-order valence-electron chi connectivity index (χ4n) is 3.27. The summed E-state index contributed by atoms with van der Waals surface area (Å²) in [5.74, 6) is -0.0456. The number of halogens is 2. The van der Waals surface area contributed by atoms with Crippen molar-refractivity contribution in [3.8, 4) is 0 Å². The molecular formula is C22H25Cl2N3O. The topological polar surface area (TPSA) is 35.6 Å². The van der Waals surface area contributed by atoms with Crippen LogP contribution in [-0.4, -0.2) is 54.5 Å². The van der Waals surface area contributed by atoms with Crippen LogP contribution in [0.5, 0.6) is 0 Å². The number of hydrogen-bond donors (Lipinski definition) is 1. The van der Waals surface area contributed by atoms with Gasteiger partial charge < -0.3 is 5.32 Å². The van der Waals surface area contributed by atoms with Crippen LogP contribution >= 0.6 is 23.2 Å². The maximum absolute atomic E-state index is 12.6. The van der Waals surface area contributed by atoms with Crippen molar-refractivity contribution < 1.29 is 4.79 Å². The lowest BCUT2D eigenvalue weighted by Gasteiger charge is -2.37. The van der Waals surface area contributed by atoms with Gasteiger partial charge in [0.1, 0.15) is 0 Å². The van der Waals surface area contributed by atoms with Crippen LogP contribution in [0.2, 0.25) is 10.0 Å². The lowest BCUT2D eigenvalue weighted by Crippen LogP contribution is -2.52. The molecule has 0 radical (unpaired) electrons. The fraction of sp³-hybridized carbons (Fsp3) is 0.318. The van der Waals surface area contributed by atoms with E-state index in [9.17, 15) is 4.79 Å². The minimum atomic E-state index is -0.209. The second-order valence-corrected chi connectivity index (χ2v) is 7.85. The van der Waals surface area contributed by atoms with Crippen molar-refractivity contribution in [2.24, 2.45) is 0 Å².